The van der Waals surface area contributed by atoms with Crippen LogP contribution in [-0.4, -0.2) is 122 Å². The first-order chi connectivity index (χ1) is 32.8. The zero-order valence-electron chi connectivity index (χ0n) is 38.9. The maximum absolute atomic E-state index is 14.3. The van der Waals surface area contributed by atoms with Crippen molar-refractivity contribution in [1.82, 2.24) is 50.2 Å². The normalized spacial score (nSPS) is 18.2. The molecule has 6 heterocycles. The number of aromatic nitrogens is 4. The lowest BCUT2D eigenvalue weighted by Gasteiger charge is -2.30. The van der Waals surface area contributed by atoms with Crippen LogP contribution in [-0.2, 0) is 32.2 Å². The first-order valence-electron chi connectivity index (χ1n) is 22.9. The summed E-state index contributed by atoms with van der Waals surface area (Å²) < 4.78 is 20.9. The smallest absolute Gasteiger partial charge is 0.407 e. The van der Waals surface area contributed by atoms with Crippen molar-refractivity contribution in [1.29, 1.82) is 0 Å². The molecule has 3 aromatic carbocycles. The van der Waals surface area contributed by atoms with Crippen molar-refractivity contribution in [2.24, 2.45) is 11.8 Å². The van der Waals surface area contributed by atoms with E-state index in [1.54, 1.807) is 32.0 Å². The predicted octanol–water partition coefficient (Wildman–Crippen LogP) is 6.57. The van der Waals surface area contributed by atoms with Crippen molar-refractivity contribution < 1.29 is 42.9 Å². The molecule has 68 heavy (non-hydrogen) atoms. The third-order valence-corrected chi connectivity index (χ3v) is 13.2. The topological polar surface area (TPSA) is 217 Å². The summed E-state index contributed by atoms with van der Waals surface area (Å²) in [5.41, 5.74) is 7.27. The Morgan fingerprint density at radius 3 is 1.78 bits per heavy atom. The van der Waals surface area contributed by atoms with E-state index in [4.69, 9.17) is 23.9 Å². The highest BCUT2D eigenvalue weighted by molar-refractivity contribution is 5.88. The number of likely N-dealkylation sites (tertiary alicyclic amines) is 1. The molecular weight excluding hydrogens is 873 g/mol. The Morgan fingerprint density at radius 1 is 0.676 bits per heavy atom. The van der Waals surface area contributed by atoms with Crippen molar-refractivity contribution in [2.45, 2.75) is 77.8 Å². The first-order valence-corrected chi connectivity index (χ1v) is 22.9. The van der Waals surface area contributed by atoms with E-state index in [9.17, 15) is 24.0 Å². The number of nitrogens with one attached hydrogen (secondary N) is 4. The molecule has 19 heteroatoms. The van der Waals surface area contributed by atoms with Crippen LogP contribution >= 0.6 is 0 Å². The van der Waals surface area contributed by atoms with Gasteiger partial charge in [-0.15, -0.1) is 0 Å². The number of hydrogen-bond donors (Lipinski definition) is 4. The van der Waals surface area contributed by atoms with Crippen LogP contribution in [0.4, 0.5) is 14.4 Å². The van der Waals surface area contributed by atoms with Gasteiger partial charge in [-0.05, 0) is 58.6 Å². The van der Waals surface area contributed by atoms with Gasteiger partial charge >= 0.3 is 18.2 Å². The van der Waals surface area contributed by atoms with E-state index in [0.29, 0.717) is 42.8 Å². The summed E-state index contributed by atoms with van der Waals surface area (Å²) in [7, 11) is 2.53. The van der Waals surface area contributed by atoms with Gasteiger partial charge in [0.25, 0.3) is 0 Å². The highest BCUT2D eigenvalue weighted by Gasteiger charge is 2.44. The maximum atomic E-state index is 14.3. The molecule has 356 valence electrons. The summed E-state index contributed by atoms with van der Waals surface area (Å²) in [6, 6.07) is 17.3. The summed E-state index contributed by atoms with van der Waals surface area (Å²) >= 11 is 0. The van der Waals surface area contributed by atoms with Crippen LogP contribution in [0.5, 0.6) is 11.5 Å². The molecule has 2 aromatic heterocycles. The zero-order valence-corrected chi connectivity index (χ0v) is 38.9. The minimum Gasteiger partial charge on any atom is -0.454 e. The molecule has 4 N–H and O–H groups in total. The van der Waals surface area contributed by atoms with E-state index in [0.717, 1.165) is 57.6 Å². The van der Waals surface area contributed by atoms with Crippen LogP contribution in [0, 0.1) is 11.8 Å². The minimum atomic E-state index is -0.911. The van der Waals surface area contributed by atoms with Gasteiger partial charge in [-0.25, -0.2) is 24.4 Å². The second kappa shape index (κ2) is 19.0. The van der Waals surface area contributed by atoms with E-state index in [2.05, 4.69) is 25.6 Å². The Morgan fingerprint density at radius 2 is 1.22 bits per heavy atom. The number of aromatic amines is 2. The number of methoxy groups -OCH3 is 2. The number of imidazole rings is 2. The third-order valence-electron chi connectivity index (χ3n) is 13.2. The average molecular weight is 929 g/mol. The number of carbonyl (C=O) groups excluding carboxylic acids is 5. The SMILES string of the molecule is COC(=O)NC(C(=O)N1CCC[C@H]1c1ncc(-c2ccc(-c3ccc(-c4cnc([C@@H]5CN(C(=O)N6Cc7ccc8c(c7C6)OCO8)CN5C(=O)[C@@H](NC(=O)OC)C(C)C)[nH]4)cc3)cc2)[nH]1)C(C)C. The standard InChI is InChI=1S/C49H56N10O9/c1-27(2)40(54-47(62)65-5)45(60)58-19-7-8-37(58)43-50-20-35(52-43)31-13-9-29(10-14-31)30-11-15-32(16-12-30)36-21-51-44(53-36)38-24-57(25-59(38)46(61)41(28(3)4)55-48(63)66-6)49(64)56-22-33-17-18-39-42(34(33)23-56)68-26-67-39/h9-18,20-21,27-28,37-38,40-41H,7-8,19,22-26H2,1-6H3,(H,50,52)(H,51,53)(H,54,62)(H,55,63)/t37-,38-,40?,41-/m0/s1. The Bertz CT molecular complexity index is 2700. The lowest BCUT2D eigenvalue weighted by atomic mass is 10.0. The van der Waals surface area contributed by atoms with Gasteiger partial charge in [-0.2, -0.15) is 0 Å². The molecule has 2 fully saturated rings. The first kappa shape index (κ1) is 45.6. The van der Waals surface area contributed by atoms with E-state index in [1.165, 1.54) is 14.2 Å². The number of rotatable bonds is 11. The summed E-state index contributed by atoms with van der Waals surface area (Å²) in [6.07, 6.45) is 3.72. The second-order valence-electron chi connectivity index (χ2n) is 18.2. The van der Waals surface area contributed by atoms with Crippen molar-refractivity contribution in [3.63, 3.8) is 0 Å². The van der Waals surface area contributed by atoms with Gasteiger partial charge in [0.15, 0.2) is 11.5 Å². The highest BCUT2D eigenvalue weighted by Crippen LogP contribution is 2.42. The van der Waals surface area contributed by atoms with Gasteiger partial charge in [-0.3, -0.25) is 9.59 Å². The Kier molecular flexibility index (Phi) is 12.7. The second-order valence-corrected chi connectivity index (χ2v) is 18.2. The van der Waals surface area contributed by atoms with Gasteiger partial charge in [0, 0.05) is 18.7 Å². The zero-order chi connectivity index (χ0) is 47.8. The van der Waals surface area contributed by atoms with Crippen molar-refractivity contribution in [3.8, 4) is 45.1 Å². The fourth-order valence-corrected chi connectivity index (χ4v) is 9.48. The molecule has 6 amide bonds. The lowest BCUT2D eigenvalue weighted by Crippen LogP contribution is -2.52. The molecule has 4 aliphatic heterocycles. The maximum Gasteiger partial charge on any atom is 0.407 e. The van der Waals surface area contributed by atoms with E-state index >= 15 is 0 Å². The van der Waals surface area contributed by atoms with Gasteiger partial charge in [0.1, 0.15) is 29.8 Å². The van der Waals surface area contributed by atoms with E-state index in [-0.39, 0.29) is 55.7 Å². The van der Waals surface area contributed by atoms with Crippen LogP contribution in [0.15, 0.2) is 73.1 Å². The number of benzene rings is 3. The number of H-pyrrole nitrogens is 2. The molecule has 0 bridgehead atoms. The monoisotopic (exact) mass is 928 g/mol. The molecule has 5 aromatic rings. The Labute approximate surface area is 393 Å². The lowest BCUT2D eigenvalue weighted by molar-refractivity contribution is -0.136. The van der Waals surface area contributed by atoms with Crippen molar-refractivity contribution in [3.05, 3.63) is 95.8 Å². The quantitative estimate of drug-likeness (QED) is 0.111. The number of ether oxygens (including phenoxy) is 4. The predicted molar refractivity (Wildman–Crippen MR) is 247 cm³/mol. The van der Waals surface area contributed by atoms with Gasteiger partial charge in [0.2, 0.25) is 18.6 Å². The molecule has 19 nitrogen and oxygen atoms in total. The molecule has 4 atom stereocenters. The Hall–Kier alpha value is -7.57. The summed E-state index contributed by atoms with van der Waals surface area (Å²) in [5.74, 6) is 1.59. The van der Waals surface area contributed by atoms with Crippen LogP contribution in [0.1, 0.15) is 75.4 Å². The summed E-state index contributed by atoms with van der Waals surface area (Å²) in [6.45, 7) is 9.05. The molecule has 2 saturated heterocycles. The molecular formula is C49H56N10O9. The fraction of sp³-hybridized carbons (Fsp3) is 0.408. The molecule has 0 radical (unpaired) electrons. The molecule has 0 spiro atoms. The number of fused-ring (bicyclic) bond motifs is 3. The molecule has 4 aliphatic rings. The number of hydrogen-bond acceptors (Lipinski definition) is 11. The van der Waals surface area contributed by atoms with Gasteiger partial charge in [-0.1, -0.05) is 82.3 Å². The van der Waals surface area contributed by atoms with Crippen LogP contribution in [0.25, 0.3) is 33.6 Å². The molecule has 1 unspecified atom stereocenters. The average Bonchev–Trinajstić information content (AvgIpc) is 4.21. The fourth-order valence-electron chi connectivity index (χ4n) is 9.48. The highest BCUT2D eigenvalue weighted by atomic mass is 16.7. The van der Waals surface area contributed by atoms with Crippen molar-refractivity contribution in [2.75, 3.05) is 40.8 Å². The van der Waals surface area contributed by atoms with Crippen LogP contribution in [0.3, 0.4) is 0 Å². The van der Waals surface area contributed by atoms with E-state index < -0.39 is 30.3 Å². The van der Waals surface area contributed by atoms with Gasteiger partial charge in [0.05, 0.1) is 63.8 Å². The minimum absolute atomic E-state index is 0.0132. The third kappa shape index (κ3) is 8.87. The van der Waals surface area contributed by atoms with Crippen LogP contribution < -0.4 is 20.1 Å². The number of amides is 6. The van der Waals surface area contributed by atoms with E-state index in [1.807, 2.05) is 88.4 Å². The summed E-state index contributed by atoms with van der Waals surface area (Å²) in [5, 5.41) is 5.38. The Balaban J connectivity index is 0.888. The number of nitrogens with zero attached hydrogens (tertiary/aromatic N) is 6. The molecule has 9 rings (SSSR count). The summed E-state index contributed by atoms with van der Waals surface area (Å²) in [4.78, 5) is 89.6. The number of urea groups is 1. The van der Waals surface area contributed by atoms with Crippen molar-refractivity contribution >= 4 is 30.0 Å². The number of alkyl carbamates (subject to hydrolysis) is 2. The largest absolute Gasteiger partial charge is 0.454 e. The van der Waals surface area contributed by atoms with Crippen LogP contribution in [0.2, 0.25) is 0 Å². The van der Waals surface area contributed by atoms with Gasteiger partial charge < -0.3 is 59.1 Å². The number of carbonyl (C=O) groups is 5. The molecule has 0 saturated carbocycles. The molecule has 0 aliphatic carbocycles.